The van der Waals surface area contributed by atoms with Crippen molar-refractivity contribution >= 4 is 44.8 Å². The highest BCUT2D eigenvalue weighted by Crippen LogP contribution is 2.31. The van der Waals surface area contributed by atoms with E-state index in [1.807, 2.05) is 41.8 Å². The first-order valence-electron chi connectivity index (χ1n) is 8.51. The van der Waals surface area contributed by atoms with Crippen molar-refractivity contribution in [3.63, 3.8) is 0 Å². The zero-order valence-corrected chi connectivity index (χ0v) is 16.5. The summed E-state index contributed by atoms with van der Waals surface area (Å²) < 4.78 is 11.5. The molecule has 0 aliphatic heterocycles. The molecule has 1 N–H and O–H groups in total. The molecule has 6 nitrogen and oxygen atoms in total. The second-order valence-electron chi connectivity index (χ2n) is 5.97. The molecule has 8 heteroatoms. The summed E-state index contributed by atoms with van der Waals surface area (Å²) in [5, 5.41) is 5.46. The van der Waals surface area contributed by atoms with E-state index in [0.29, 0.717) is 10.8 Å². The highest BCUT2D eigenvalue weighted by molar-refractivity contribution is 7.21. The SMILES string of the molecule is COC(=O)CC(NC(=O)c1ccc(-c2nc3ccccc3s2)o1)c1cccs1. The van der Waals surface area contributed by atoms with E-state index in [4.69, 9.17) is 9.15 Å². The number of furan rings is 1. The molecule has 1 unspecified atom stereocenters. The van der Waals surface area contributed by atoms with Crippen LogP contribution in [-0.4, -0.2) is 24.0 Å². The quantitative estimate of drug-likeness (QED) is 0.466. The molecule has 0 bridgehead atoms. The van der Waals surface area contributed by atoms with Crippen molar-refractivity contribution in [1.29, 1.82) is 0 Å². The van der Waals surface area contributed by atoms with E-state index < -0.39 is 17.9 Å². The van der Waals surface area contributed by atoms with Crippen LogP contribution in [0.1, 0.15) is 27.9 Å². The number of ether oxygens (including phenoxy) is 1. The summed E-state index contributed by atoms with van der Waals surface area (Å²) in [5.41, 5.74) is 0.890. The molecule has 1 atom stereocenters. The molecule has 0 saturated heterocycles. The largest absolute Gasteiger partial charge is 0.469 e. The number of aromatic nitrogens is 1. The number of fused-ring (bicyclic) bond motifs is 1. The number of carbonyl (C=O) groups excluding carboxylic acids is 2. The number of methoxy groups -OCH3 is 1. The van der Waals surface area contributed by atoms with E-state index >= 15 is 0 Å². The van der Waals surface area contributed by atoms with Crippen LogP contribution in [0.2, 0.25) is 0 Å². The van der Waals surface area contributed by atoms with Crippen LogP contribution in [0, 0.1) is 0 Å². The maximum absolute atomic E-state index is 12.7. The maximum atomic E-state index is 12.7. The number of benzene rings is 1. The van der Waals surface area contributed by atoms with E-state index in [2.05, 4.69) is 10.3 Å². The van der Waals surface area contributed by atoms with Gasteiger partial charge in [0, 0.05) is 4.88 Å². The van der Waals surface area contributed by atoms with Crippen molar-refractivity contribution in [2.24, 2.45) is 0 Å². The lowest BCUT2D eigenvalue weighted by Crippen LogP contribution is -2.29. The van der Waals surface area contributed by atoms with Crippen LogP contribution >= 0.6 is 22.7 Å². The van der Waals surface area contributed by atoms with Crippen molar-refractivity contribution in [2.45, 2.75) is 12.5 Å². The first-order chi connectivity index (χ1) is 13.6. The van der Waals surface area contributed by atoms with Crippen LogP contribution in [0.15, 0.2) is 58.3 Å². The van der Waals surface area contributed by atoms with Crippen molar-refractivity contribution in [1.82, 2.24) is 10.3 Å². The summed E-state index contributed by atoms with van der Waals surface area (Å²) in [6.45, 7) is 0. The molecule has 28 heavy (non-hydrogen) atoms. The van der Waals surface area contributed by atoms with Crippen LogP contribution in [0.5, 0.6) is 0 Å². The van der Waals surface area contributed by atoms with Gasteiger partial charge in [0.2, 0.25) is 0 Å². The number of hydrogen-bond donors (Lipinski definition) is 1. The first-order valence-corrected chi connectivity index (χ1v) is 10.2. The molecule has 0 radical (unpaired) electrons. The zero-order chi connectivity index (χ0) is 19.5. The minimum Gasteiger partial charge on any atom is -0.469 e. The van der Waals surface area contributed by atoms with Gasteiger partial charge in [-0.2, -0.15) is 0 Å². The third kappa shape index (κ3) is 3.83. The molecule has 1 aromatic carbocycles. The lowest BCUT2D eigenvalue weighted by atomic mass is 10.1. The van der Waals surface area contributed by atoms with Gasteiger partial charge in [-0.05, 0) is 35.7 Å². The maximum Gasteiger partial charge on any atom is 0.307 e. The number of hydrogen-bond acceptors (Lipinski definition) is 7. The van der Waals surface area contributed by atoms with Gasteiger partial charge >= 0.3 is 5.97 Å². The average Bonchev–Trinajstić information content (AvgIpc) is 3.46. The van der Waals surface area contributed by atoms with Gasteiger partial charge in [0.25, 0.3) is 5.91 Å². The predicted molar refractivity (Wildman–Crippen MR) is 108 cm³/mol. The Bertz CT molecular complexity index is 1080. The van der Waals surface area contributed by atoms with Crippen LogP contribution in [-0.2, 0) is 9.53 Å². The van der Waals surface area contributed by atoms with Crippen molar-refractivity contribution in [3.8, 4) is 10.8 Å². The molecule has 0 aliphatic carbocycles. The summed E-state index contributed by atoms with van der Waals surface area (Å²) >= 11 is 2.97. The standard InChI is InChI=1S/C20H16N2O4S2/c1-25-18(23)11-13(16-7-4-10-27-16)21-19(24)14-8-9-15(26-14)20-22-12-5-2-3-6-17(12)28-20/h2-10,13H,11H2,1H3,(H,21,24). The second-order valence-corrected chi connectivity index (χ2v) is 7.98. The highest BCUT2D eigenvalue weighted by atomic mass is 32.1. The van der Waals surface area contributed by atoms with Gasteiger partial charge in [-0.3, -0.25) is 9.59 Å². The Balaban J connectivity index is 1.53. The fraction of sp³-hybridized carbons (Fsp3) is 0.150. The monoisotopic (exact) mass is 412 g/mol. The van der Waals surface area contributed by atoms with Crippen LogP contribution in [0.3, 0.4) is 0 Å². The van der Waals surface area contributed by atoms with Gasteiger partial charge in [-0.25, -0.2) is 4.98 Å². The molecule has 0 saturated carbocycles. The summed E-state index contributed by atoms with van der Waals surface area (Å²) in [7, 11) is 1.33. The number of thiophene rings is 1. The van der Waals surface area contributed by atoms with Crippen LogP contribution in [0.4, 0.5) is 0 Å². The number of thiazole rings is 1. The molecular formula is C20H16N2O4S2. The van der Waals surface area contributed by atoms with Crippen LogP contribution in [0.25, 0.3) is 21.0 Å². The van der Waals surface area contributed by atoms with E-state index in [1.165, 1.54) is 29.8 Å². The smallest absolute Gasteiger partial charge is 0.307 e. The van der Waals surface area contributed by atoms with Crippen LogP contribution < -0.4 is 5.32 Å². The van der Waals surface area contributed by atoms with Crippen molar-refractivity contribution in [3.05, 3.63) is 64.5 Å². The summed E-state index contributed by atoms with van der Waals surface area (Å²) in [4.78, 5) is 29.8. The lowest BCUT2D eigenvalue weighted by molar-refractivity contribution is -0.141. The Morgan fingerprint density at radius 2 is 2.04 bits per heavy atom. The number of rotatable bonds is 6. The zero-order valence-electron chi connectivity index (χ0n) is 14.9. The van der Waals surface area contributed by atoms with Gasteiger partial charge < -0.3 is 14.5 Å². The van der Waals surface area contributed by atoms with Gasteiger partial charge in [-0.15, -0.1) is 22.7 Å². The van der Waals surface area contributed by atoms with E-state index in [0.717, 1.165) is 15.1 Å². The molecule has 142 valence electrons. The molecular weight excluding hydrogens is 396 g/mol. The minimum absolute atomic E-state index is 0.0498. The van der Waals surface area contributed by atoms with Crippen molar-refractivity contribution < 1.29 is 18.7 Å². The molecule has 3 heterocycles. The number of carbonyl (C=O) groups is 2. The molecule has 0 aliphatic rings. The predicted octanol–water partition coefficient (Wildman–Crippen LogP) is 4.65. The third-order valence-corrected chi connectivity index (χ3v) is 6.16. The van der Waals surface area contributed by atoms with E-state index in [-0.39, 0.29) is 12.2 Å². The molecule has 0 fully saturated rings. The summed E-state index contributed by atoms with van der Waals surface area (Å²) in [6, 6.07) is 14.4. The fourth-order valence-electron chi connectivity index (χ4n) is 2.74. The van der Waals surface area contributed by atoms with Gasteiger partial charge in [0.1, 0.15) is 0 Å². The Hall–Kier alpha value is -2.97. The number of para-hydroxylation sites is 1. The Kier molecular flexibility index (Phi) is 5.23. The normalized spacial score (nSPS) is 12.0. The Morgan fingerprint density at radius 3 is 2.79 bits per heavy atom. The molecule has 1 amide bonds. The summed E-state index contributed by atoms with van der Waals surface area (Å²) in [5.74, 6) is -0.0874. The van der Waals surface area contributed by atoms with Crippen molar-refractivity contribution in [2.75, 3.05) is 7.11 Å². The fourth-order valence-corrected chi connectivity index (χ4v) is 4.45. The Labute approximate surface area is 168 Å². The van der Waals surface area contributed by atoms with Gasteiger partial charge in [-0.1, -0.05) is 18.2 Å². The average molecular weight is 412 g/mol. The topological polar surface area (TPSA) is 81.4 Å². The molecule has 4 rings (SSSR count). The highest BCUT2D eigenvalue weighted by Gasteiger charge is 2.22. The number of amides is 1. The molecule has 4 aromatic rings. The number of esters is 1. The third-order valence-electron chi connectivity index (χ3n) is 4.12. The molecule has 0 spiro atoms. The van der Waals surface area contributed by atoms with Gasteiger partial charge in [0.05, 0.1) is 29.8 Å². The number of nitrogens with one attached hydrogen (secondary N) is 1. The minimum atomic E-state index is -0.476. The van der Waals surface area contributed by atoms with E-state index in [1.54, 1.807) is 12.1 Å². The number of nitrogens with zero attached hydrogens (tertiary/aromatic N) is 1. The lowest BCUT2D eigenvalue weighted by Gasteiger charge is -2.15. The molecule has 3 aromatic heterocycles. The van der Waals surface area contributed by atoms with Gasteiger partial charge in [0.15, 0.2) is 16.5 Å². The summed E-state index contributed by atoms with van der Waals surface area (Å²) in [6.07, 6.45) is 0.0498. The Morgan fingerprint density at radius 1 is 1.18 bits per heavy atom. The second kappa shape index (κ2) is 7.95. The first kappa shape index (κ1) is 18.4. The van der Waals surface area contributed by atoms with E-state index in [9.17, 15) is 9.59 Å².